The monoisotopic (exact) mass is 1110 g/mol. The van der Waals surface area contributed by atoms with E-state index in [1.54, 1.807) is 23.6 Å². The van der Waals surface area contributed by atoms with Gasteiger partial charge in [-0.05, 0) is 110 Å². The molecule has 0 spiro atoms. The van der Waals surface area contributed by atoms with Crippen molar-refractivity contribution in [3.05, 3.63) is 137 Å². The van der Waals surface area contributed by atoms with Gasteiger partial charge in [-0.25, -0.2) is 14.8 Å². The van der Waals surface area contributed by atoms with Crippen LogP contribution in [0.15, 0.2) is 115 Å². The van der Waals surface area contributed by atoms with Gasteiger partial charge in [0, 0.05) is 88.1 Å². The first kappa shape index (κ1) is 58.6. The Hall–Kier alpha value is -7.50. The molecule has 422 valence electrons. The van der Waals surface area contributed by atoms with E-state index in [0.717, 1.165) is 101 Å². The fourth-order valence-corrected chi connectivity index (χ4v) is 11.0. The Morgan fingerprint density at radius 3 is 2.17 bits per heavy atom. The average molecular weight is 1110 g/mol. The Labute approximate surface area is 473 Å². The van der Waals surface area contributed by atoms with Gasteiger partial charge >= 0.3 is 6.03 Å². The largest absolute Gasteiger partial charge is 0.391 e. The Balaban J connectivity index is 0.711. The Bertz CT molecular complexity index is 2980. The second-order valence-electron chi connectivity index (χ2n) is 21.8. The number of pyridine rings is 1. The van der Waals surface area contributed by atoms with Gasteiger partial charge < -0.3 is 40.7 Å². The molecular formula is C61H75N11O7S. The first-order valence-electron chi connectivity index (χ1n) is 27.8. The van der Waals surface area contributed by atoms with Crippen molar-refractivity contribution in [3.63, 3.8) is 0 Å². The number of nitrogens with zero attached hydrogens (tertiary/aromatic N) is 7. The first-order chi connectivity index (χ1) is 38.7. The van der Waals surface area contributed by atoms with Gasteiger partial charge in [0.25, 0.3) is 0 Å². The van der Waals surface area contributed by atoms with Crippen molar-refractivity contribution in [2.45, 2.75) is 135 Å². The van der Waals surface area contributed by atoms with Crippen LogP contribution < -0.4 is 26.2 Å². The number of likely N-dealkylation sites (tertiary alicyclic amines) is 1. The number of hydrogen-bond donors (Lipinski definition) is 5. The molecular weight excluding hydrogens is 1030 g/mol. The van der Waals surface area contributed by atoms with E-state index in [2.05, 4.69) is 42.4 Å². The lowest BCUT2D eigenvalue weighted by Gasteiger charge is -2.37. The number of aromatic nitrogens is 4. The van der Waals surface area contributed by atoms with Crippen LogP contribution in [0.1, 0.15) is 101 Å². The zero-order valence-electron chi connectivity index (χ0n) is 46.3. The number of aliphatic hydroxyl groups excluding tert-OH is 1. The lowest BCUT2D eigenvalue weighted by Crippen LogP contribution is -2.58. The molecule has 5 N–H and O–H groups in total. The van der Waals surface area contributed by atoms with Crippen LogP contribution in [0, 0.1) is 23.7 Å². The van der Waals surface area contributed by atoms with Crippen molar-refractivity contribution >= 4 is 46.6 Å². The number of aliphatic hydroxyl groups is 1. The maximum absolute atomic E-state index is 14.0. The molecule has 1 aliphatic carbocycles. The molecule has 8 rings (SSSR count). The van der Waals surface area contributed by atoms with E-state index in [-0.39, 0.29) is 50.1 Å². The maximum Gasteiger partial charge on any atom is 0.322 e. The van der Waals surface area contributed by atoms with Crippen molar-refractivity contribution in [2.75, 3.05) is 43.2 Å². The highest BCUT2D eigenvalue weighted by molar-refractivity contribution is 7.13. The van der Waals surface area contributed by atoms with E-state index < -0.39 is 35.4 Å². The van der Waals surface area contributed by atoms with E-state index >= 15 is 0 Å². The number of thiazole rings is 1. The number of ether oxygens (including phenoxy) is 2. The molecule has 3 aromatic carbocycles. The van der Waals surface area contributed by atoms with Crippen LogP contribution in [0.3, 0.4) is 0 Å². The zero-order valence-corrected chi connectivity index (χ0v) is 47.1. The van der Waals surface area contributed by atoms with Crippen molar-refractivity contribution in [1.82, 2.24) is 40.6 Å². The quantitative estimate of drug-likeness (QED) is 0.0339. The van der Waals surface area contributed by atoms with Gasteiger partial charge in [-0.1, -0.05) is 87.5 Å². The van der Waals surface area contributed by atoms with E-state index in [9.17, 15) is 24.3 Å². The molecule has 5 amide bonds. The third-order valence-electron chi connectivity index (χ3n) is 14.6. The smallest absolute Gasteiger partial charge is 0.322 e. The average Bonchev–Trinajstić information content (AvgIpc) is 4.25. The molecule has 19 heteroatoms. The predicted molar refractivity (Wildman–Crippen MR) is 309 cm³/mol. The summed E-state index contributed by atoms with van der Waals surface area (Å²) in [6.07, 6.45) is 11.3. The van der Waals surface area contributed by atoms with Crippen LogP contribution >= 0.6 is 11.3 Å². The van der Waals surface area contributed by atoms with Gasteiger partial charge in [0.2, 0.25) is 17.7 Å². The van der Waals surface area contributed by atoms with Crippen molar-refractivity contribution in [2.24, 2.45) is 5.41 Å². The van der Waals surface area contributed by atoms with E-state index in [1.165, 1.54) is 4.90 Å². The number of aryl methyl sites for hydroxylation is 2. The molecule has 18 nitrogen and oxygen atoms in total. The molecule has 80 heavy (non-hydrogen) atoms. The summed E-state index contributed by atoms with van der Waals surface area (Å²) in [5.74, 6) is -0.474. The Morgan fingerprint density at radius 1 is 0.812 bits per heavy atom. The van der Waals surface area contributed by atoms with Crippen LogP contribution in [-0.2, 0) is 43.5 Å². The number of amides is 5. The molecule has 4 heterocycles. The van der Waals surface area contributed by atoms with Crippen LogP contribution in [-0.4, -0.2) is 117 Å². The maximum atomic E-state index is 14.0. The normalized spacial score (nSPS) is 17.5. The van der Waals surface area contributed by atoms with Crippen LogP contribution in [0.5, 0.6) is 0 Å². The fourth-order valence-electron chi connectivity index (χ4n) is 10.2. The summed E-state index contributed by atoms with van der Waals surface area (Å²) in [5, 5.41) is 36.8. The minimum atomic E-state index is -0.944. The highest BCUT2D eigenvalue weighted by Crippen LogP contribution is 2.32. The molecule has 1 saturated heterocycles. The lowest BCUT2D eigenvalue weighted by molar-refractivity contribution is -0.144. The number of β-amino-alcohol motifs (C(OH)–C–C–N with tert-alkyl or cyclic N) is 1. The molecule has 0 radical (unpaired) electrons. The zero-order chi connectivity index (χ0) is 56.4. The first-order valence-corrected chi connectivity index (χ1v) is 28.7. The topological polar surface area (TPSA) is 229 Å². The van der Waals surface area contributed by atoms with E-state index in [4.69, 9.17) is 14.7 Å². The van der Waals surface area contributed by atoms with Gasteiger partial charge in [-0.15, -0.1) is 11.3 Å². The molecule has 0 bridgehead atoms. The fraction of sp³-hybridized carbons (Fsp3) is 0.443. The van der Waals surface area contributed by atoms with Crippen molar-refractivity contribution in [1.29, 1.82) is 5.26 Å². The van der Waals surface area contributed by atoms with Gasteiger partial charge in [0.1, 0.15) is 30.6 Å². The molecule has 3 atom stereocenters. The van der Waals surface area contributed by atoms with E-state index in [1.807, 2.05) is 140 Å². The predicted octanol–water partition coefficient (Wildman–Crippen LogP) is 8.79. The SMILES string of the molecule is Cc1ncsc1-c1ccc(CNC(=O)[C@@H]2C[C@@H](O)CN2C(=O)[C@@H](NC(=O)COCCCCOCCCCn2cc(-c3ccc(N(C(=O)NCc4ccccc4)C4CCC(Nc5ccc(C#N)cn5)CC4)cc3)cn2)C(C)(C)C)cc1. The summed E-state index contributed by atoms with van der Waals surface area (Å²) in [4.78, 5) is 67.7. The minimum Gasteiger partial charge on any atom is -0.391 e. The number of urea groups is 1. The van der Waals surface area contributed by atoms with Crippen molar-refractivity contribution < 1.29 is 33.8 Å². The number of carbonyl (C=O) groups is 4. The number of carbonyl (C=O) groups excluding carboxylic acids is 4. The molecule has 0 unspecified atom stereocenters. The number of rotatable bonds is 25. The van der Waals surface area contributed by atoms with Gasteiger partial charge in [0.15, 0.2) is 0 Å². The summed E-state index contributed by atoms with van der Waals surface area (Å²) in [6, 6.07) is 29.9. The van der Waals surface area contributed by atoms with Crippen LogP contribution in [0.4, 0.5) is 16.3 Å². The number of nitrogens with one attached hydrogen (secondary N) is 4. The van der Waals surface area contributed by atoms with Crippen molar-refractivity contribution in [3.8, 4) is 27.6 Å². The van der Waals surface area contributed by atoms with Gasteiger partial charge in [0.05, 0.1) is 33.9 Å². The van der Waals surface area contributed by atoms with Crippen LogP contribution in [0.2, 0.25) is 0 Å². The third kappa shape index (κ3) is 16.5. The van der Waals surface area contributed by atoms with Crippen LogP contribution in [0.25, 0.3) is 21.6 Å². The Morgan fingerprint density at radius 2 is 1.50 bits per heavy atom. The van der Waals surface area contributed by atoms with Gasteiger partial charge in [-0.3, -0.25) is 24.0 Å². The summed E-state index contributed by atoms with van der Waals surface area (Å²) < 4.78 is 13.5. The summed E-state index contributed by atoms with van der Waals surface area (Å²) in [6.45, 7) is 10.3. The minimum absolute atomic E-state index is 0.00571. The van der Waals surface area contributed by atoms with E-state index in [0.29, 0.717) is 38.3 Å². The molecule has 1 saturated carbocycles. The number of anilines is 2. The molecule has 2 aliphatic rings. The Kier molecular flexibility index (Phi) is 21.0. The second-order valence-corrected chi connectivity index (χ2v) is 22.6. The summed E-state index contributed by atoms with van der Waals surface area (Å²) >= 11 is 1.58. The lowest BCUT2D eigenvalue weighted by atomic mass is 9.85. The van der Waals surface area contributed by atoms with Gasteiger partial charge in [-0.2, -0.15) is 10.4 Å². The standard InChI is InChI=1S/C61H75N11O7S/c1-42-56(80-41-66-42)47-17-14-44(15-18-47)34-64-58(75)53-32-52(73)39-71(53)59(76)57(61(2,3)4)69-55(74)40-79-31-11-10-30-78-29-9-8-28-70-38-48(37-67-70)46-19-23-50(24-20-46)72(60(77)65-35-43-12-6-5-7-13-43)51-25-21-49(22-26-51)68-54-27-16-45(33-62)36-63-54/h5-7,12-20,23-24,27,36-38,41,49,51-53,57,73H,8-11,21-22,25-26,28-32,34-35,39-40H2,1-4H3,(H,63,68)(H,64,75)(H,65,77)(H,69,74)/t49?,51?,52-,53+,57-/m1/s1. The molecule has 6 aromatic rings. The number of nitriles is 1. The highest BCUT2D eigenvalue weighted by atomic mass is 32.1. The molecule has 3 aromatic heterocycles. The number of unbranched alkanes of at least 4 members (excludes halogenated alkanes) is 2. The molecule has 1 aliphatic heterocycles. The second kappa shape index (κ2) is 28.6. The highest BCUT2D eigenvalue weighted by Gasteiger charge is 2.44. The third-order valence-corrected chi connectivity index (χ3v) is 15.6. The number of hydrogen-bond acceptors (Lipinski definition) is 13. The summed E-state index contributed by atoms with van der Waals surface area (Å²) in [5.41, 5.74) is 8.45. The molecule has 2 fully saturated rings. The summed E-state index contributed by atoms with van der Waals surface area (Å²) in [7, 11) is 0. The number of benzene rings is 3.